The van der Waals surface area contributed by atoms with Crippen molar-refractivity contribution in [3.8, 4) is 5.75 Å². The number of hydrogen-bond acceptors (Lipinski definition) is 4. The molecule has 1 atom stereocenters. The highest BCUT2D eigenvalue weighted by Crippen LogP contribution is 2.19. The van der Waals surface area contributed by atoms with E-state index in [0.717, 1.165) is 19.4 Å². The molecule has 1 heterocycles. The summed E-state index contributed by atoms with van der Waals surface area (Å²) in [7, 11) is 1.81. The molecule has 1 fully saturated rings. The summed E-state index contributed by atoms with van der Waals surface area (Å²) < 4.78 is 11.0. The van der Waals surface area contributed by atoms with Crippen LogP contribution in [0.25, 0.3) is 0 Å². The van der Waals surface area contributed by atoms with Crippen LogP contribution in [0.5, 0.6) is 5.75 Å². The number of carbonyl (C=O) groups is 1. The van der Waals surface area contributed by atoms with Crippen molar-refractivity contribution in [2.75, 3.05) is 32.5 Å². The minimum Gasteiger partial charge on any atom is -0.491 e. The van der Waals surface area contributed by atoms with Gasteiger partial charge < -0.3 is 20.1 Å². The Bertz CT molecular complexity index is 444. The van der Waals surface area contributed by atoms with Crippen LogP contribution in [-0.2, 0) is 9.53 Å². The first kappa shape index (κ1) is 14.7. The molecule has 5 nitrogen and oxygen atoms in total. The van der Waals surface area contributed by atoms with Gasteiger partial charge in [0.05, 0.1) is 24.8 Å². The van der Waals surface area contributed by atoms with Gasteiger partial charge in [0, 0.05) is 20.2 Å². The highest BCUT2D eigenvalue weighted by Gasteiger charge is 2.19. The van der Waals surface area contributed by atoms with Gasteiger partial charge in [0.25, 0.3) is 0 Å². The van der Waals surface area contributed by atoms with E-state index in [1.807, 2.05) is 12.1 Å². The summed E-state index contributed by atoms with van der Waals surface area (Å²) in [4.78, 5) is 13.7. The number of rotatable bonds is 6. The largest absolute Gasteiger partial charge is 0.491 e. The molecule has 0 aliphatic carbocycles. The van der Waals surface area contributed by atoms with Crippen molar-refractivity contribution >= 4 is 11.6 Å². The molecule has 1 aliphatic heterocycles. The fraction of sp³-hybridized carbons (Fsp3) is 0.533. The van der Waals surface area contributed by atoms with Crippen LogP contribution in [0.1, 0.15) is 19.3 Å². The SMILES string of the molecule is CN(CC1CCCO1)C(=O)CCOc1ccccc1N. The molecule has 2 rings (SSSR count). The molecule has 1 amide bonds. The summed E-state index contributed by atoms with van der Waals surface area (Å²) in [5.41, 5.74) is 6.36. The van der Waals surface area contributed by atoms with Crippen molar-refractivity contribution in [2.24, 2.45) is 0 Å². The normalized spacial score (nSPS) is 17.9. The summed E-state index contributed by atoms with van der Waals surface area (Å²) in [6, 6.07) is 7.29. The summed E-state index contributed by atoms with van der Waals surface area (Å²) in [6.07, 6.45) is 2.66. The average molecular weight is 278 g/mol. The Hall–Kier alpha value is -1.75. The summed E-state index contributed by atoms with van der Waals surface area (Å²) in [5.74, 6) is 0.692. The first-order valence-corrected chi connectivity index (χ1v) is 6.99. The molecule has 0 saturated carbocycles. The van der Waals surface area contributed by atoms with Gasteiger partial charge in [-0.3, -0.25) is 4.79 Å². The van der Waals surface area contributed by atoms with Gasteiger partial charge in [0.15, 0.2) is 0 Å². The van der Waals surface area contributed by atoms with E-state index in [9.17, 15) is 4.79 Å². The number of carbonyl (C=O) groups excluding carboxylic acids is 1. The number of benzene rings is 1. The number of likely N-dealkylation sites (N-methyl/N-ethyl adjacent to an activating group) is 1. The van der Waals surface area contributed by atoms with E-state index in [1.165, 1.54) is 0 Å². The van der Waals surface area contributed by atoms with Gasteiger partial charge in [-0.25, -0.2) is 0 Å². The lowest BCUT2D eigenvalue weighted by molar-refractivity contribution is -0.131. The number of nitrogens with zero attached hydrogens (tertiary/aromatic N) is 1. The molecule has 1 aromatic rings. The molecule has 20 heavy (non-hydrogen) atoms. The van der Waals surface area contributed by atoms with Gasteiger partial charge >= 0.3 is 0 Å². The smallest absolute Gasteiger partial charge is 0.225 e. The fourth-order valence-corrected chi connectivity index (χ4v) is 2.25. The molecule has 1 aliphatic rings. The second-order valence-corrected chi connectivity index (χ2v) is 5.05. The second kappa shape index (κ2) is 7.14. The Labute approximate surface area is 119 Å². The third-order valence-electron chi connectivity index (χ3n) is 3.42. The molecular formula is C15H22N2O3. The minimum absolute atomic E-state index is 0.0648. The number of para-hydroxylation sites is 2. The van der Waals surface area contributed by atoms with E-state index in [4.69, 9.17) is 15.2 Å². The van der Waals surface area contributed by atoms with Crippen LogP contribution in [0.2, 0.25) is 0 Å². The van der Waals surface area contributed by atoms with E-state index in [0.29, 0.717) is 31.0 Å². The predicted octanol–water partition coefficient (Wildman–Crippen LogP) is 1.68. The summed E-state index contributed by atoms with van der Waals surface area (Å²) in [6.45, 7) is 1.80. The lowest BCUT2D eigenvalue weighted by atomic mass is 10.2. The number of nitrogen functional groups attached to an aromatic ring is 1. The Morgan fingerprint density at radius 2 is 2.30 bits per heavy atom. The molecule has 0 aromatic heterocycles. The minimum atomic E-state index is 0.0648. The van der Waals surface area contributed by atoms with Gasteiger partial charge in [0.2, 0.25) is 5.91 Å². The van der Waals surface area contributed by atoms with Crippen LogP contribution in [-0.4, -0.2) is 43.7 Å². The Morgan fingerprint density at radius 3 is 3.00 bits per heavy atom. The van der Waals surface area contributed by atoms with Gasteiger partial charge in [-0.15, -0.1) is 0 Å². The van der Waals surface area contributed by atoms with Gasteiger partial charge in [-0.05, 0) is 25.0 Å². The number of nitrogens with two attached hydrogens (primary N) is 1. The van der Waals surface area contributed by atoms with Crippen molar-refractivity contribution in [1.29, 1.82) is 0 Å². The van der Waals surface area contributed by atoms with Crippen molar-refractivity contribution < 1.29 is 14.3 Å². The summed E-state index contributed by atoms with van der Waals surface area (Å²) >= 11 is 0. The second-order valence-electron chi connectivity index (χ2n) is 5.05. The van der Waals surface area contributed by atoms with Crippen LogP contribution in [0, 0.1) is 0 Å². The van der Waals surface area contributed by atoms with Crippen LogP contribution in [0.3, 0.4) is 0 Å². The zero-order valence-corrected chi connectivity index (χ0v) is 11.9. The molecule has 110 valence electrons. The molecule has 5 heteroatoms. The van der Waals surface area contributed by atoms with Crippen molar-refractivity contribution in [1.82, 2.24) is 4.90 Å². The maximum absolute atomic E-state index is 12.0. The van der Waals surface area contributed by atoms with E-state index in [-0.39, 0.29) is 12.0 Å². The van der Waals surface area contributed by atoms with Crippen LogP contribution < -0.4 is 10.5 Å². The fourth-order valence-electron chi connectivity index (χ4n) is 2.25. The van der Waals surface area contributed by atoms with E-state index in [1.54, 1.807) is 24.1 Å². The van der Waals surface area contributed by atoms with E-state index in [2.05, 4.69) is 0 Å². The first-order chi connectivity index (χ1) is 9.66. The standard InChI is InChI=1S/C15H22N2O3/c1-17(11-12-5-4-9-19-12)15(18)8-10-20-14-7-3-2-6-13(14)16/h2-3,6-7,12H,4-5,8-11,16H2,1H3. The van der Waals surface area contributed by atoms with Crippen molar-refractivity contribution in [3.05, 3.63) is 24.3 Å². The monoisotopic (exact) mass is 278 g/mol. The summed E-state index contributed by atoms with van der Waals surface area (Å²) in [5, 5.41) is 0. The Balaban J connectivity index is 1.70. The van der Waals surface area contributed by atoms with Crippen molar-refractivity contribution in [3.63, 3.8) is 0 Å². The van der Waals surface area contributed by atoms with Gasteiger partial charge in [-0.2, -0.15) is 0 Å². The lowest BCUT2D eigenvalue weighted by Gasteiger charge is -2.21. The zero-order valence-electron chi connectivity index (χ0n) is 11.9. The molecule has 1 saturated heterocycles. The molecule has 0 spiro atoms. The van der Waals surface area contributed by atoms with Crippen LogP contribution >= 0.6 is 0 Å². The van der Waals surface area contributed by atoms with Crippen LogP contribution in [0.15, 0.2) is 24.3 Å². The number of amides is 1. The maximum atomic E-state index is 12.0. The third kappa shape index (κ3) is 4.13. The molecule has 1 unspecified atom stereocenters. The molecule has 0 bridgehead atoms. The number of ether oxygens (including phenoxy) is 2. The maximum Gasteiger partial charge on any atom is 0.225 e. The topological polar surface area (TPSA) is 64.8 Å². The predicted molar refractivity (Wildman–Crippen MR) is 77.6 cm³/mol. The third-order valence-corrected chi connectivity index (χ3v) is 3.42. The van der Waals surface area contributed by atoms with E-state index < -0.39 is 0 Å². The number of anilines is 1. The average Bonchev–Trinajstić information content (AvgIpc) is 2.93. The van der Waals surface area contributed by atoms with Gasteiger partial charge in [0.1, 0.15) is 5.75 Å². The van der Waals surface area contributed by atoms with Crippen molar-refractivity contribution in [2.45, 2.75) is 25.4 Å². The first-order valence-electron chi connectivity index (χ1n) is 6.99. The Morgan fingerprint density at radius 1 is 1.50 bits per heavy atom. The van der Waals surface area contributed by atoms with Crippen LogP contribution in [0.4, 0.5) is 5.69 Å². The molecular weight excluding hydrogens is 256 g/mol. The molecule has 1 aromatic carbocycles. The van der Waals surface area contributed by atoms with E-state index >= 15 is 0 Å². The highest BCUT2D eigenvalue weighted by atomic mass is 16.5. The Kier molecular flexibility index (Phi) is 5.24. The quantitative estimate of drug-likeness (QED) is 0.804. The highest BCUT2D eigenvalue weighted by molar-refractivity contribution is 5.76. The van der Waals surface area contributed by atoms with Gasteiger partial charge in [-0.1, -0.05) is 12.1 Å². The lowest BCUT2D eigenvalue weighted by Crippen LogP contribution is -2.34. The zero-order chi connectivity index (χ0) is 14.4. The molecule has 0 radical (unpaired) electrons. The molecule has 2 N–H and O–H groups in total. The number of hydrogen-bond donors (Lipinski definition) is 1.